The lowest BCUT2D eigenvalue weighted by atomic mass is 9.80. The maximum absolute atomic E-state index is 6.03. The standard InChI is InChI=1S/C20H26N4O/c1-2-9-22-19(6-1)24-11-12-25-17-20(16-24)7-4-10-23(15-20)14-18-5-3-8-21-13-18/h1-3,5-6,8-9,13H,4,7,10-12,14-17H2/t20-/m1/s1. The fourth-order valence-electron chi connectivity index (χ4n) is 4.17. The molecule has 25 heavy (non-hydrogen) atoms. The summed E-state index contributed by atoms with van der Waals surface area (Å²) in [6, 6.07) is 10.3. The van der Waals surface area contributed by atoms with Crippen LogP contribution in [-0.2, 0) is 11.3 Å². The van der Waals surface area contributed by atoms with Gasteiger partial charge in [-0.25, -0.2) is 4.98 Å². The van der Waals surface area contributed by atoms with Crippen LogP contribution in [0.15, 0.2) is 48.9 Å². The van der Waals surface area contributed by atoms with Crippen molar-refractivity contribution in [3.05, 3.63) is 54.5 Å². The number of hydrogen-bond acceptors (Lipinski definition) is 5. The van der Waals surface area contributed by atoms with E-state index in [0.717, 1.165) is 51.8 Å². The Morgan fingerprint density at radius 3 is 2.92 bits per heavy atom. The van der Waals surface area contributed by atoms with Gasteiger partial charge in [-0.2, -0.15) is 0 Å². The van der Waals surface area contributed by atoms with E-state index in [-0.39, 0.29) is 5.41 Å². The lowest BCUT2D eigenvalue weighted by Crippen LogP contribution is -2.50. The number of rotatable bonds is 3. The number of likely N-dealkylation sites (tertiary alicyclic amines) is 1. The Morgan fingerprint density at radius 1 is 1.08 bits per heavy atom. The van der Waals surface area contributed by atoms with Crippen LogP contribution in [0.3, 0.4) is 0 Å². The van der Waals surface area contributed by atoms with Crippen LogP contribution < -0.4 is 4.90 Å². The minimum Gasteiger partial charge on any atom is -0.379 e. The number of nitrogens with zero attached hydrogens (tertiary/aromatic N) is 4. The summed E-state index contributed by atoms with van der Waals surface area (Å²) in [5.74, 6) is 1.07. The van der Waals surface area contributed by atoms with E-state index in [1.165, 1.54) is 18.4 Å². The van der Waals surface area contributed by atoms with Gasteiger partial charge in [-0.05, 0) is 43.1 Å². The van der Waals surface area contributed by atoms with E-state index in [4.69, 9.17) is 4.74 Å². The molecule has 0 radical (unpaired) electrons. The summed E-state index contributed by atoms with van der Waals surface area (Å²) >= 11 is 0. The van der Waals surface area contributed by atoms with Crippen molar-refractivity contribution in [3.8, 4) is 0 Å². The second kappa shape index (κ2) is 7.50. The van der Waals surface area contributed by atoms with Crippen molar-refractivity contribution in [2.75, 3.05) is 44.3 Å². The molecule has 2 aromatic rings. The fourth-order valence-corrected chi connectivity index (χ4v) is 4.17. The molecule has 2 aliphatic heterocycles. The molecular weight excluding hydrogens is 312 g/mol. The first-order valence-corrected chi connectivity index (χ1v) is 9.18. The highest BCUT2D eigenvalue weighted by Crippen LogP contribution is 2.34. The molecule has 1 atom stereocenters. The van der Waals surface area contributed by atoms with Crippen molar-refractivity contribution in [1.82, 2.24) is 14.9 Å². The lowest BCUT2D eigenvalue weighted by Gasteiger charge is -2.43. The summed E-state index contributed by atoms with van der Waals surface area (Å²) in [4.78, 5) is 13.8. The van der Waals surface area contributed by atoms with Crippen LogP contribution >= 0.6 is 0 Å². The van der Waals surface area contributed by atoms with Gasteiger partial charge in [0.25, 0.3) is 0 Å². The molecule has 0 unspecified atom stereocenters. The number of hydrogen-bond donors (Lipinski definition) is 0. The smallest absolute Gasteiger partial charge is 0.128 e. The minimum atomic E-state index is 0.189. The van der Waals surface area contributed by atoms with Crippen LogP contribution in [0, 0.1) is 5.41 Å². The molecule has 2 aromatic heterocycles. The van der Waals surface area contributed by atoms with Gasteiger partial charge in [0.15, 0.2) is 0 Å². The molecule has 0 aliphatic carbocycles. The van der Waals surface area contributed by atoms with Crippen LogP contribution in [0.4, 0.5) is 5.82 Å². The fraction of sp³-hybridized carbons (Fsp3) is 0.500. The van der Waals surface area contributed by atoms with Crippen molar-refractivity contribution in [2.45, 2.75) is 19.4 Å². The molecule has 5 heteroatoms. The summed E-state index contributed by atoms with van der Waals surface area (Å²) in [5, 5.41) is 0. The summed E-state index contributed by atoms with van der Waals surface area (Å²) in [6.07, 6.45) is 8.14. The normalized spacial score (nSPS) is 25.0. The van der Waals surface area contributed by atoms with Gasteiger partial charge in [0.05, 0.1) is 13.2 Å². The average Bonchev–Trinajstić information content (AvgIpc) is 2.86. The van der Waals surface area contributed by atoms with Crippen LogP contribution in [-0.4, -0.2) is 54.3 Å². The predicted molar refractivity (Wildman–Crippen MR) is 98.5 cm³/mol. The molecular formula is C20H26N4O. The summed E-state index contributed by atoms with van der Waals surface area (Å²) in [7, 11) is 0. The second-order valence-corrected chi connectivity index (χ2v) is 7.34. The Hall–Kier alpha value is -1.98. The van der Waals surface area contributed by atoms with Crippen molar-refractivity contribution < 1.29 is 4.74 Å². The van der Waals surface area contributed by atoms with Crippen molar-refractivity contribution in [3.63, 3.8) is 0 Å². The van der Waals surface area contributed by atoms with E-state index < -0.39 is 0 Å². The van der Waals surface area contributed by atoms with E-state index >= 15 is 0 Å². The van der Waals surface area contributed by atoms with Crippen LogP contribution in [0.5, 0.6) is 0 Å². The SMILES string of the molecule is c1ccc(N2CCOC[C@@]3(CCCN(Cc4cccnc4)C3)C2)nc1. The third-order valence-corrected chi connectivity index (χ3v) is 5.28. The first-order chi connectivity index (χ1) is 12.3. The average molecular weight is 338 g/mol. The molecule has 0 amide bonds. The third-order valence-electron chi connectivity index (χ3n) is 5.28. The van der Waals surface area contributed by atoms with E-state index in [1.54, 1.807) is 0 Å². The Morgan fingerprint density at radius 2 is 2.08 bits per heavy atom. The van der Waals surface area contributed by atoms with Crippen LogP contribution in [0.1, 0.15) is 18.4 Å². The zero-order valence-corrected chi connectivity index (χ0v) is 14.7. The topological polar surface area (TPSA) is 41.5 Å². The van der Waals surface area contributed by atoms with Gasteiger partial charge in [-0.3, -0.25) is 9.88 Å². The van der Waals surface area contributed by atoms with Crippen molar-refractivity contribution >= 4 is 5.82 Å². The van der Waals surface area contributed by atoms with Gasteiger partial charge < -0.3 is 9.64 Å². The quantitative estimate of drug-likeness (QED) is 0.860. The maximum atomic E-state index is 6.03. The molecule has 0 aromatic carbocycles. The highest BCUT2D eigenvalue weighted by Gasteiger charge is 2.39. The maximum Gasteiger partial charge on any atom is 0.128 e. The van der Waals surface area contributed by atoms with Gasteiger partial charge >= 0.3 is 0 Å². The zero-order chi connectivity index (χ0) is 17.0. The first kappa shape index (κ1) is 16.5. The third kappa shape index (κ3) is 3.99. The van der Waals surface area contributed by atoms with Crippen LogP contribution in [0.25, 0.3) is 0 Å². The highest BCUT2D eigenvalue weighted by molar-refractivity contribution is 5.38. The summed E-state index contributed by atoms with van der Waals surface area (Å²) < 4.78 is 6.03. The number of anilines is 1. The number of aromatic nitrogens is 2. The van der Waals surface area contributed by atoms with Gasteiger partial charge in [-0.1, -0.05) is 12.1 Å². The molecule has 4 rings (SSSR count). The first-order valence-electron chi connectivity index (χ1n) is 9.18. The Balaban J connectivity index is 1.49. The van der Waals surface area contributed by atoms with E-state index in [9.17, 15) is 0 Å². The Labute approximate surface area is 149 Å². The molecule has 4 heterocycles. The van der Waals surface area contributed by atoms with E-state index in [0.29, 0.717) is 0 Å². The summed E-state index contributed by atoms with van der Waals surface area (Å²) in [6.45, 7) is 6.76. The zero-order valence-electron chi connectivity index (χ0n) is 14.7. The van der Waals surface area contributed by atoms with Gasteiger partial charge in [0.1, 0.15) is 5.82 Å². The van der Waals surface area contributed by atoms with Gasteiger partial charge in [0, 0.05) is 50.2 Å². The largest absolute Gasteiger partial charge is 0.379 e. The van der Waals surface area contributed by atoms with Gasteiger partial charge in [0.2, 0.25) is 0 Å². The highest BCUT2D eigenvalue weighted by atomic mass is 16.5. The molecule has 0 saturated carbocycles. The number of piperidine rings is 1. The molecule has 2 saturated heterocycles. The Bertz CT molecular complexity index is 666. The summed E-state index contributed by atoms with van der Waals surface area (Å²) in [5.41, 5.74) is 1.48. The predicted octanol–water partition coefficient (Wildman–Crippen LogP) is 2.60. The molecule has 5 nitrogen and oxygen atoms in total. The molecule has 0 bridgehead atoms. The monoisotopic (exact) mass is 338 g/mol. The number of ether oxygens (including phenoxy) is 1. The van der Waals surface area contributed by atoms with Gasteiger partial charge in [-0.15, -0.1) is 0 Å². The lowest BCUT2D eigenvalue weighted by molar-refractivity contribution is 0.0106. The minimum absolute atomic E-state index is 0.189. The van der Waals surface area contributed by atoms with E-state index in [1.807, 2.05) is 30.7 Å². The molecule has 132 valence electrons. The molecule has 1 spiro atoms. The van der Waals surface area contributed by atoms with E-state index in [2.05, 4.69) is 38.0 Å². The van der Waals surface area contributed by atoms with Crippen molar-refractivity contribution in [1.29, 1.82) is 0 Å². The molecule has 2 fully saturated rings. The number of pyridine rings is 2. The molecule has 0 N–H and O–H groups in total. The Kier molecular flexibility index (Phi) is 4.95. The van der Waals surface area contributed by atoms with Crippen LogP contribution in [0.2, 0.25) is 0 Å². The van der Waals surface area contributed by atoms with Crippen molar-refractivity contribution in [2.24, 2.45) is 5.41 Å². The second-order valence-electron chi connectivity index (χ2n) is 7.34. The molecule has 2 aliphatic rings.